The zero-order valence-corrected chi connectivity index (χ0v) is 9.94. The Balaban J connectivity index is 2.29. The SMILES string of the molecule is CCN(c1ccccc1)c1ncc(CO)s1. The lowest BCUT2D eigenvalue weighted by atomic mass is 10.3. The summed E-state index contributed by atoms with van der Waals surface area (Å²) in [6.07, 6.45) is 1.73. The lowest BCUT2D eigenvalue weighted by Crippen LogP contribution is -2.15. The minimum atomic E-state index is 0.0595. The highest BCUT2D eigenvalue weighted by molar-refractivity contribution is 7.15. The maximum absolute atomic E-state index is 9.03. The van der Waals surface area contributed by atoms with Crippen molar-refractivity contribution in [1.29, 1.82) is 0 Å². The van der Waals surface area contributed by atoms with Gasteiger partial charge in [0.2, 0.25) is 0 Å². The second-order valence-electron chi connectivity index (χ2n) is 3.35. The van der Waals surface area contributed by atoms with Crippen LogP contribution in [0, 0.1) is 0 Å². The Morgan fingerprint density at radius 2 is 2.06 bits per heavy atom. The molecule has 1 heterocycles. The summed E-state index contributed by atoms with van der Waals surface area (Å²) in [5.74, 6) is 0. The highest BCUT2D eigenvalue weighted by Crippen LogP contribution is 2.28. The first-order valence-electron chi connectivity index (χ1n) is 5.23. The number of thiazole rings is 1. The van der Waals surface area contributed by atoms with Crippen LogP contribution in [0.25, 0.3) is 0 Å². The summed E-state index contributed by atoms with van der Waals surface area (Å²) in [6.45, 7) is 3.01. The summed E-state index contributed by atoms with van der Waals surface area (Å²) in [4.78, 5) is 7.34. The summed E-state index contributed by atoms with van der Waals surface area (Å²) in [5.41, 5.74) is 1.13. The maximum Gasteiger partial charge on any atom is 0.190 e. The largest absolute Gasteiger partial charge is 0.391 e. The molecule has 0 atom stereocenters. The Labute approximate surface area is 99.0 Å². The van der Waals surface area contributed by atoms with E-state index in [0.717, 1.165) is 22.2 Å². The third-order valence-electron chi connectivity index (χ3n) is 2.31. The van der Waals surface area contributed by atoms with E-state index in [9.17, 15) is 0 Å². The van der Waals surface area contributed by atoms with E-state index in [1.165, 1.54) is 11.3 Å². The topological polar surface area (TPSA) is 36.4 Å². The van der Waals surface area contributed by atoms with Crippen molar-refractivity contribution in [2.45, 2.75) is 13.5 Å². The molecule has 84 valence electrons. The van der Waals surface area contributed by atoms with Crippen LogP contribution < -0.4 is 4.90 Å². The van der Waals surface area contributed by atoms with E-state index in [2.05, 4.69) is 28.9 Å². The first kappa shape index (κ1) is 11.1. The molecular formula is C12H14N2OS. The molecule has 0 saturated carbocycles. The van der Waals surface area contributed by atoms with Crippen molar-refractivity contribution in [3.05, 3.63) is 41.4 Å². The maximum atomic E-state index is 9.03. The van der Waals surface area contributed by atoms with Gasteiger partial charge in [-0.05, 0) is 19.1 Å². The average Bonchev–Trinajstić information content (AvgIpc) is 2.80. The van der Waals surface area contributed by atoms with E-state index in [1.807, 2.05) is 18.2 Å². The second kappa shape index (κ2) is 5.09. The Bertz CT molecular complexity index is 441. The zero-order chi connectivity index (χ0) is 11.4. The van der Waals surface area contributed by atoms with Crippen molar-refractivity contribution in [2.75, 3.05) is 11.4 Å². The van der Waals surface area contributed by atoms with Crippen LogP contribution >= 0.6 is 11.3 Å². The molecule has 0 unspecified atom stereocenters. The van der Waals surface area contributed by atoms with E-state index in [1.54, 1.807) is 6.20 Å². The highest BCUT2D eigenvalue weighted by Gasteiger charge is 2.10. The van der Waals surface area contributed by atoms with Crippen LogP contribution in [-0.4, -0.2) is 16.6 Å². The molecular weight excluding hydrogens is 220 g/mol. The van der Waals surface area contributed by atoms with Crippen LogP contribution in [0.5, 0.6) is 0 Å². The average molecular weight is 234 g/mol. The standard InChI is InChI=1S/C12H14N2OS/c1-2-14(10-6-4-3-5-7-10)12-13-8-11(9-15)16-12/h3-8,15H,2,9H2,1H3. The minimum absolute atomic E-state index is 0.0595. The third-order valence-corrected chi connectivity index (χ3v) is 3.32. The summed E-state index contributed by atoms with van der Waals surface area (Å²) in [5, 5.41) is 9.96. The number of aliphatic hydroxyl groups is 1. The monoisotopic (exact) mass is 234 g/mol. The number of para-hydroxylation sites is 1. The van der Waals surface area contributed by atoms with Crippen LogP contribution in [0.1, 0.15) is 11.8 Å². The normalized spacial score (nSPS) is 10.4. The van der Waals surface area contributed by atoms with Crippen LogP contribution in [-0.2, 0) is 6.61 Å². The Kier molecular flexibility index (Phi) is 3.54. The van der Waals surface area contributed by atoms with E-state index < -0.39 is 0 Å². The van der Waals surface area contributed by atoms with Crippen molar-refractivity contribution in [1.82, 2.24) is 4.98 Å². The molecule has 1 aromatic heterocycles. The lowest BCUT2D eigenvalue weighted by Gasteiger charge is -2.19. The van der Waals surface area contributed by atoms with Gasteiger partial charge >= 0.3 is 0 Å². The molecule has 4 heteroatoms. The summed E-state index contributed by atoms with van der Waals surface area (Å²) >= 11 is 1.53. The van der Waals surface area contributed by atoms with Crippen molar-refractivity contribution >= 4 is 22.2 Å². The lowest BCUT2D eigenvalue weighted by molar-refractivity contribution is 0.285. The van der Waals surface area contributed by atoms with Crippen LogP contribution in [0.2, 0.25) is 0 Å². The fourth-order valence-electron chi connectivity index (χ4n) is 1.53. The number of hydrogen-bond donors (Lipinski definition) is 1. The van der Waals surface area contributed by atoms with Gasteiger partial charge in [0.15, 0.2) is 5.13 Å². The highest BCUT2D eigenvalue weighted by atomic mass is 32.1. The number of hydrogen-bond acceptors (Lipinski definition) is 4. The molecule has 0 radical (unpaired) electrons. The van der Waals surface area contributed by atoms with Crippen molar-refractivity contribution in [3.63, 3.8) is 0 Å². The van der Waals surface area contributed by atoms with Crippen molar-refractivity contribution in [2.24, 2.45) is 0 Å². The molecule has 0 amide bonds. The zero-order valence-electron chi connectivity index (χ0n) is 9.13. The van der Waals surface area contributed by atoms with Gasteiger partial charge in [-0.25, -0.2) is 4.98 Å². The van der Waals surface area contributed by atoms with Crippen molar-refractivity contribution in [3.8, 4) is 0 Å². The smallest absolute Gasteiger partial charge is 0.190 e. The molecule has 2 rings (SSSR count). The van der Waals surface area contributed by atoms with Gasteiger partial charge in [-0.1, -0.05) is 29.5 Å². The number of benzene rings is 1. The Morgan fingerprint density at radius 1 is 1.31 bits per heavy atom. The summed E-state index contributed by atoms with van der Waals surface area (Å²) in [6, 6.07) is 10.1. The number of nitrogens with zero attached hydrogens (tertiary/aromatic N) is 2. The van der Waals surface area contributed by atoms with E-state index >= 15 is 0 Å². The van der Waals surface area contributed by atoms with Gasteiger partial charge < -0.3 is 10.0 Å². The van der Waals surface area contributed by atoms with Gasteiger partial charge in [0, 0.05) is 18.4 Å². The van der Waals surface area contributed by atoms with E-state index in [-0.39, 0.29) is 6.61 Å². The first-order valence-corrected chi connectivity index (χ1v) is 6.05. The fourth-order valence-corrected chi connectivity index (χ4v) is 2.39. The third kappa shape index (κ3) is 2.23. The number of anilines is 2. The minimum Gasteiger partial charge on any atom is -0.391 e. The predicted molar refractivity (Wildman–Crippen MR) is 67.2 cm³/mol. The Hall–Kier alpha value is -1.39. The summed E-state index contributed by atoms with van der Waals surface area (Å²) < 4.78 is 0. The predicted octanol–water partition coefficient (Wildman–Crippen LogP) is 2.79. The van der Waals surface area contributed by atoms with E-state index in [0.29, 0.717) is 0 Å². The van der Waals surface area contributed by atoms with E-state index in [4.69, 9.17) is 5.11 Å². The molecule has 16 heavy (non-hydrogen) atoms. The van der Waals surface area contributed by atoms with Gasteiger partial charge in [-0.15, -0.1) is 0 Å². The van der Waals surface area contributed by atoms with Gasteiger partial charge in [0.05, 0.1) is 11.5 Å². The number of rotatable bonds is 4. The molecule has 0 fully saturated rings. The molecule has 1 N–H and O–H groups in total. The van der Waals surface area contributed by atoms with Crippen LogP contribution in [0.4, 0.5) is 10.8 Å². The summed E-state index contributed by atoms with van der Waals surface area (Å²) in [7, 11) is 0. The number of aliphatic hydroxyl groups excluding tert-OH is 1. The number of aromatic nitrogens is 1. The molecule has 3 nitrogen and oxygen atoms in total. The van der Waals surface area contributed by atoms with Crippen LogP contribution in [0.15, 0.2) is 36.5 Å². The molecule has 0 spiro atoms. The Morgan fingerprint density at radius 3 is 2.62 bits per heavy atom. The van der Waals surface area contributed by atoms with Crippen LogP contribution in [0.3, 0.4) is 0 Å². The molecule has 1 aromatic carbocycles. The first-order chi connectivity index (χ1) is 7.85. The fraction of sp³-hybridized carbons (Fsp3) is 0.250. The molecule has 0 aliphatic carbocycles. The quantitative estimate of drug-likeness (QED) is 0.883. The molecule has 0 aliphatic heterocycles. The second-order valence-corrected chi connectivity index (χ2v) is 4.44. The molecule has 0 aliphatic rings. The van der Waals surface area contributed by atoms with Gasteiger partial charge in [0.25, 0.3) is 0 Å². The van der Waals surface area contributed by atoms with Gasteiger partial charge in [-0.3, -0.25) is 0 Å². The van der Waals surface area contributed by atoms with Gasteiger partial charge in [-0.2, -0.15) is 0 Å². The molecule has 0 saturated heterocycles. The molecule has 0 bridgehead atoms. The van der Waals surface area contributed by atoms with Gasteiger partial charge in [0.1, 0.15) is 0 Å². The van der Waals surface area contributed by atoms with Crippen molar-refractivity contribution < 1.29 is 5.11 Å². The molecule has 2 aromatic rings.